The van der Waals surface area contributed by atoms with E-state index in [1.807, 2.05) is 0 Å². The highest BCUT2D eigenvalue weighted by Crippen LogP contribution is 2.21. The second-order valence-electron chi connectivity index (χ2n) is 2.85. The predicted molar refractivity (Wildman–Crippen MR) is 58.0 cm³/mol. The third-order valence-electron chi connectivity index (χ3n) is 1.71. The number of benzene rings is 1. The number of nitrogens with zero attached hydrogens (tertiary/aromatic N) is 2. The van der Waals surface area contributed by atoms with Gasteiger partial charge in [-0.3, -0.25) is 0 Å². The molecule has 3 nitrogen and oxygen atoms in total. The molecule has 2 aromatic rings. The zero-order chi connectivity index (χ0) is 10.1. The average Bonchev–Trinajstić information content (AvgIpc) is 2.50. The van der Waals surface area contributed by atoms with E-state index in [1.54, 1.807) is 35.3 Å². The minimum atomic E-state index is 0.571. The highest BCUT2D eigenvalue weighted by atomic mass is 35.5. The Morgan fingerprint density at radius 1 is 1.14 bits per heavy atom. The fourth-order valence-corrected chi connectivity index (χ4v) is 1.66. The number of halogens is 2. The van der Waals surface area contributed by atoms with Crippen LogP contribution in [-0.2, 0) is 0 Å². The van der Waals surface area contributed by atoms with E-state index in [4.69, 9.17) is 28.9 Å². The molecule has 0 atom stereocenters. The fourth-order valence-electron chi connectivity index (χ4n) is 1.15. The van der Waals surface area contributed by atoms with Crippen LogP contribution in [0.3, 0.4) is 0 Å². The number of anilines is 1. The first kappa shape index (κ1) is 9.37. The van der Waals surface area contributed by atoms with Gasteiger partial charge in [-0.25, -0.2) is 4.68 Å². The normalized spacial score (nSPS) is 10.4. The molecule has 14 heavy (non-hydrogen) atoms. The number of hydrogen-bond donors (Lipinski definition) is 1. The van der Waals surface area contributed by atoms with E-state index in [0.29, 0.717) is 15.7 Å². The van der Waals surface area contributed by atoms with Gasteiger partial charge in [0.05, 0.1) is 23.8 Å². The Bertz CT molecular complexity index is 445. The van der Waals surface area contributed by atoms with Gasteiger partial charge in [-0.2, -0.15) is 5.10 Å². The van der Waals surface area contributed by atoms with Crippen LogP contribution in [0.15, 0.2) is 30.6 Å². The molecule has 0 fully saturated rings. The van der Waals surface area contributed by atoms with Crippen molar-refractivity contribution in [1.82, 2.24) is 9.78 Å². The lowest BCUT2D eigenvalue weighted by molar-refractivity contribution is 0.881. The first-order valence-corrected chi connectivity index (χ1v) is 4.67. The first-order valence-electron chi connectivity index (χ1n) is 3.92. The molecule has 0 saturated heterocycles. The number of aromatic nitrogens is 2. The van der Waals surface area contributed by atoms with Gasteiger partial charge >= 0.3 is 0 Å². The molecule has 1 aromatic heterocycles. The summed E-state index contributed by atoms with van der Waals surface area (Å²) in [7, 11) is 0. The number of nitrogen functional groups attached to an aromatic ring is 1. The average molecular weight is 228 g/mol. The van der Waals surface area contributed by atoms with Crippen molar-refractivity contribution in [1.29, 1.82) is 0 Å². The van der Waals surface area contributed by atoms with E-state index in [-0.39, 0.29) is 0 Å². The molecule has 2 N–H and O–H groups in total. The standard InChI is InChI=1S/C9H7Cl2N3/c10-6-1-7(11)3-9(2-6)14-5-8(12)4-13-14/h1-5H,12H2. The summed E-state index contributed by atoms with van der Waals surface area (Å²) in [5.41, 5.74) is 6.93. The summed E-state index contributed by atoms with van der Waals surface area (Å²) in [5.74, 6) is 0. The quantitative estimate of drug-likeness (QED) is 0.815. The Morgan fingerprint density at radius 2 is 1.79 bits per heavy atom. The smallest absolute Gasteiger partial charge is 0.0724 e. The fraction of sp³-hybridized carbons (Fsp3) is 0. The lowest BCUT2D eigenvalue weighted by atomic mass is 10.3. The second-order valence-corrected chi connectivity index (χ2v) is 3.72. The van der Waals surface area contributed by atoms with Gasteiger partial charge in [-0.05, 0) is 18.2 Å². The van der Waals surface area contributed by atoms with Gasteiger partial charge in [0.1, 0.15) is 0 Å². The van der Waals surface area contributed by atoms with Crippen molar-refractivity contribution in [3.8, 4) is 5.69 Å². The Balaban J connectivity index is 2.51. The second kappa shape index (κ2) is 3.52. The van der Waals surface area contributed by atoms with E-state index in [1.165, 1.54) is 0 Å². The molecule has 1 heterocycles. The van der Waals surface area contributed by atoms with Gasteiger partial charge in [0, 0.05) is 10.0 Å². The van der Waals surface area contributed by atoms with Gasteiger partial charge in [-0.1, -0.05) is 23.2 Å². The Labute approximate surface area is 91.0 Å². The van der Waals surface area contributed by atoms with Gasteiger partial charge in [-0.15, -0.1) is 0 Å². The van der Waals surface area contributed by atoms with E-state index in [2.05, 4.69) is 5.10 Å². The highest BCUT2D eigenvalue weighted by molar-refractivity contribution is 6.34. The van der Waals surface area contributed by atoms with E-state index < -0.39 is 0 Å². The molecule has 0 amide bonds. The number of rotatable bonds is 1. The minimum Gasteiger partial charge on any atom is -0.396 e. The molecule has 5 heteroatoms. The lowest BCUT2D eigenvalue weighted by Gasteiger charge is -2.02. The maximum absolute atomic E-state index is 5.85. The molecule has 0 aliphatic carbocycles. The summed E-state index contributed by atoms with van der Waals surface area (Å²) in [6.07, 6.45) is 3.26. The van der Waals surface area contributed by atoms with Crippen LogP contribution < -0.4 is 5.73 Å². The summed E-state index contributed by atoms with van der Waals surface area (Å²) in [6, 6.07) is 5.19. The van der Waals surface area contributed by atoms with Crippen LogP contribution >= 0.6 is 23.2 Å². The van der Waals surface area contributed by atoms with E-state index in [0.717, 1.165) is 5.69 Å². The van der Waals surface area contributed by atoms with Crippen LogP contribution in [0.5, 0.6) is 0 Å². The van der Waals surface area contributed by atoms with Gasteiger partial charge < -0.3 is 5.73 Å². The Kier molecular flexibility index (Phi) is 2.35. The van der Waals surface area contributed by atoms with Crippen molar-refractivity contribution in [2.75, 3.05) is 5.73 Å². The van der Waals surface area contributed by atoms with Gasteiger partial charge in [0.25, 0.3) is 0 Å². The van der Waals surface area contributed by atoms with Crippen LogP contribution in [0.4, 0.5) is 5.69 Å². The molecule has 0 saturated carbocycles. The monoisotopic (exact) mass is 227 g/mol. The molecule has 0 radical (unpaired) electrons. The lowest BCUT2D eigenvalue weighted by Crippen LogP contribution is -1.93. The van der Waals surface area contributed by atoms with E-state index >= 15 is 0 Å². The van der Waals surface area contributed by atoms with Crippen molar-refractivity contribution in [3.63, 3.8) is 0 Å². The van der Waals surface area contributed by atoms with Crippen LogP contribution in [0.1, 0.15) is 0 Å². The van der Waals surface area contributed by atoms with Crippen molar-refractivity contribution < 1.29 is 0 Å². The van der Waals surface area contributed by atoms with Crippen molar-refractivity contribution in [3.05, 3.63) is 40.6 Å². The van der Waals surface area contributed by atoms with Gasteiger partial charge in [0.15, 0.2) is 0 Å². The molecule has 1 aromatic carbocycles. The number of nitrogens with two attached hydrogens (primary N) is 1. The maximum Gasteiger partial charge on any atom is 0.0724 e. The Morgan fingerprint density at radius 3 is 2.29 bits per heavy atom. The molecule has 0 aliphatic rings. The first-order chi connectivity index (χ1) is 6.65. The molecule has 0 unspecified atom stereocenters. The largest absolute Gasteiger partial charge is 0.396 e. The summed E-state index contributed by atoms with van der Waals surface area (Å²) in [5, 5.41) is 5.18. The third-order valence-corrected chi connectivity index (χ3v) is 2.15. The van der Waals surface area contributed by atoms with Crippen LogP contribution in [-0.4, -0.2) is 9.78 Å². The predicted octanol–water partition coefficient (Wildman–Crippen LogP) is 2.76. The molecular formula is C9H7Cl2N3. The molecule has 72 valence electrons. The minimum absolute atomic E-state index is 0.571. The summed E-state index contributed by atoms with van der Waals surface area (Å²) in [6.45, 7) is 0. The molecular weight excluding hydrogens is 221 g/mol. The van der Waals surface area contributed by atoms with Crippen LogP contribution in [0.2, 0.25) is 10.0 Å². The molecule has 0 aliphatic heterocycles. The maximum atomic E-state index is 5.85. The van der Waals surface area contributed by atoms with Crippen LogP contribution in [0.25, 0.3) is 5.69 Å². The van der Waals surface area contributed by atoms with E-state index in [9.17, 15) is 0 Å². The summed E-state index contributed by atoms with van der Waals surface area (Å²) in [4.78, 5) is 0. The zero-order valence-electron chi connectivity index (χ0n) is 7.11. The van der Waals surface area contributed by atoms with Gasteiger partial charge in [0.2, 0.25) is 0 Å². The molecule has 0 bridgehead atoms. The summed E-state index contributed by atoms with van der Waals surface area (Å²) >= 11 is 11.7. The van der Waals surface area contributed by atoms with Crippen molar-refractivity contribution in [2.45, 2.75) is 0 Å². The topological polar surface area (TPSA) is 43.8 Å². The molecule has 0 spiro atoms. The number of hydrogen-bond acceptors (Lipinski definition) is 2. The highest BCUT2D eigenvalue weighted by Gasteiger charge is 2.01. The zero-order valence-corrected chi connectivity index (χ0v) is 8.63. The third kappa shape index (κ3) is 1.84. The van der Waals surface area contributed by atoms with Crippen molar-refractivity contribution >= 4 is 28.9 Å². The summed E-state index contributed by atoms with van der Waals surface area (Å²) < 4.78 is 1.62. The SMILES string of the molecule is Nc1cnn(-c2cc(Cl)cc(Cl)c2)c1. The van der Waals surface area contributed by atoms with Crippen LogP contribution in [0, 0.1) is 0 Å². The van der Waals surface area contributed by atoms with Crippen molar-refractivity contribution in [2.24, 2.45) is 0 Å². The molecule has 2 rings (SSSR count). The Hall–Kier alpha value is -1.19.